The highest BCUT2D eigenvalue weighted by atomic mass is 35.5. The van der Waals surface area contributed by atoms with Crippen LogP contribution in [0.3, 0.4) is 0 Å². The van der Waals surface area contributed by atoms with Crippen LogP contribution in [0.1, 0.15) is 17.8 Å². The lowest BCUT2D eigenvalue weighted by Gasteiger charge is -2.20. The summed E-state index contributed by atoms with van der Waals surface area (Å²) in [5.74, 6) is -0.734. The SMILES string of the molecule is O=S(=O)(O)CCCN1C(=Cc2sc3ccc(-n4ccc5ccccc54)cc3[n+]2CCCS(=O)(=O)O)Sc2ccc(Cl)cc21. The molecule has 0 unspecified atom stereocenters. The average Bonchev–Trinajstić information content (AvgIpc) is 3.61. The molecule has 3 aromatic carbocycles. The minimum Gasteiger partial charge on any atom is -0.335 e. The predicted octanol–water partition coefficient (Wildman–Crippen LogP) is 6.25. The Morgan fingerprint density at radius 1 is 0.907 bits per heavy atom. The van der Waals surface area contributed by atoms with Gasteiger partial charge in [0.15, 0.2) is 6.54 Å². The van der Waals surface area contributed by atoms with Crippen molar-refractivity contribution in [1.82, 2.24) is 4.57 Å². The van der Waals surface area contributed by atoms with Crippen molar-refractivity contribution >= 4 is 87.8 Å². The van der Waals surface area contributed by atoms with Crippen LogP contribution in [0.25, 0.3) is 32.9 Å². The Morgan fingerprint density at radius 2 is 1.67 bits per heavy atom. The number of hydrogen-bond donors (Lipinski definition) is 2. The number of thioether (sulfide) groups is 1. The maximum absolute atomic E-state index is 11.5. The van der Waals surface area contributed by atoms with E-state index in [0.29, 0.717) is 18.1 Å². The zero-order valence-electron chi connectivity index (χ0n) is 22.6. The lowest BCUT2D eigenvalue weighted by atomic mass is 10.2. The zero-order chi connectivity index (χ0) is 30.4. The van der Waals surface area contributed by atoms with E-state index in [4.69, 9.17) is 11.6 Å². The third-order valence-electron chi connectivity index (χ3n) is 7.10. The Hall–Kier alpha value is -2.91. The maximum atomic E-state index is 11.5. The summed E-state index contributed by atoms with van der Waals surface area (Å²) in [4.78, 5) is 2.95. The van der Waals surface area contributed by atoms with Crippen molar-refractivity contribution in [1.29, 1.82) is 0 Å². The minimum atomic E-state index is -4.13. The fourth-order valence-corrected chi connectivity index (χ4v) is 8.65. The number of fused-ring (bicyclic) bond motifs is 3. The first-order valence-electron chi connectivity index (χ1n) is 13.3. The van der Waals surface area contributed by atoms with Crippen LogP contribution in [0.4, 0.5) is 5.69 Å². The third-order valence-corrected chi connectivity index (χ3v) is 11.2. The highest BCUT2D eigenvalue weighted by Crippen LogP contribution is 2.48. The number of hydrogen-bond acceptors (Lipinski definition) is 7. The molecular weight excluding hydrogens is 650 g/mol. The topological polar surface area (TPSA) is 121 Å². The van der Waals surface area contributed by atoms with Crippen LogP contribution in [0.2, 0.25) is 5.02 Å². The van der Waals surface area contributed by atoms with Gasteiger partial charge < -0.3 is 9.47 Å². The molecule has 0 saturated carbocycles. The molecule has 0 amide bonds. The standard InChI is InChI=1S/C29H26ClN3O6S4/c30-21-7-9-26-24(17-21)32(12-3-15-42(34,35)36)28(40-26)19-29-33(13-4-16-43(37,38)39)25-18-22(8-10-27(25)41-29)31-14-11-20-5-1-2-6-23(20)31/h1-2,5-11,14,17-19H,3-4,12-13,15-16H2,(H-,34,35,36,37,38,39)/p+1. The number of aromatic nitrogens is 2. The highest BCUT2D eigenvalue weighted by Gasteiger charge is 2.29. The van der Waals surface area contributed by atoms with Gasteiger partial charge in [0.2, 0.25) is 5.52 Å². The second-order valence-electron chi connectivity index (χ2n) is 10.1. The minimum absolute atomic E-state index is 0.206. The first-order chi connectivity index (χ1) is 20.4. The monoisotopic (exact) mass is 676 g/mol. The number of para-hydroxylation sites is 1. The second kappa shape index (κ2) is 11.9. The Kier molecular flexibility index (Phi) is 8.33. The molecule has 0 bridgehead atoms. The van der Waals surface area contributed by atoms with Gasteiger partial charge in [0.25, 0.3) is 25.2 Å². The van der Waals surface area contributed by atoms with Crippen molar-refractivity contribution in [3.63, 3.8) is 0 Å². The van der Waals surface area contributed by atoms with E-state index in [2.05, 4.69) is 39.5 Å². The van der Waals surface area contributed by atoms with Crippen LogP contribution in [0.15, 0.2) is 82.9 Å². The summed E-state index contributed by atoms with van der Waals surface area (Å²) < 4.78 is 69.7. The van der Waals surface area contributed by atoms with Crippen LogP contribution in [0, 0.1) is 0 Å². The number of anilines is 1. The fraction of sp³-hybridized carbons (Fsp3) is 0.207. The van der Waals surface area contributed by atoms with Gasteiger partial charge in [0, 0.05) is 35.1 Å². The van der Waals surface area contributed by atoms with Crippen LogP contribution in [0.5, 0.6) is 0 Å². The van der Waals surface area contributed by atoms with Crippen molar-refractivity contribution < 1.29 is 30.5 Å². The second-order valence-corrected chi connectivity index (χ2v) is 15.8. The summed E-state index contributed by atoms with van der Waals surface area (Å²) in [7, 11) is -8.24. The molecule has 2 N–H and O–H groups in total. The Labute approximate surface area is 262 Å². The van der Waals surface area contributed by atoms with Gasteiger partial charge in [-0.15, -0.1) is 0 Å². The molecule has 3 heterocycles. The molecule has 2 aromatic heterocycles. The average molecular weight is 677 g/mol. The number of rotatable bonds is 10. The first-order valence-corrected chi connectivity index (χ1v) is 18.6. The van der Waals surface area contributed by atoms with Gasteiger partial charge >= 0.3 is 0 Å². The summed E-state index contributed by atoms with van der Waals surface area (Å²) in [6.07, 6.45) is 4.45. The van der Waals surface area contributed by atoms with Crippen molar-refractivity contribution in [3.05, 3.63) is 88.0 Å². The molecule has 43 heavy (non-hydrogen) atoms. The van der Waals surface area contributed by atoms with Gasteiger partial charge in [-0.05, 0) is 54.3 Å². The molecule has 9 nitrogen and oxygen atoms in total. The first kappa shape index (κ1) is 30.1. The molecule has 0 saturated heterocycles. The molecule has 0 atom stereocenters. The number of thiazole rings is 1. The van der Waals surface area contributed by atoms with Gasteiger partial charge in [0.1, 0.15) is 4.70 Å². The van der Waals surface area contributed by atoms with E-state index in [1.165, 1.54) is 11.8 Å². The van der Waals surface area contributed by atoms with Gasteiger partial charge in [0.05, 0.1) is 39.5 Å². The summed E-state index contributed by atoms with van der Waals surface area (Å²) >= 11 is 9.38. The smallest absolute Gasteiger partial charge is 0.265 e. The molecule has 0 radical (unpaired) electrons. The van der Waals surface area contributed by atoms with E-state index in [0.717, 1.165) is 47.4 Å². The zero-order valence-corrected chi connectivity index (χ0v) is 26.7. The third kappa shape index (κ3) is 6.78. The van der Waals surface area contributed by atoms with E-state index < -0.39 is 20.2 Å². The van der Waals surface area contributed by atoms with E-state index in [1.54, 1.807) is 17.4 Å². The Balaban J connectivity index is 1.43. The summed E-state index contributed by atoms with van der Waals surface area (Å²) in [5, 5.41) is 3.37. The molecule has 5 aromatic rings. The van der Waals surface area contributed by atoms with Crippen molar-refractivity contribution in [2.75, 3.05) is 23.0 Å². The molecule has 0 fully saturated rings. The molecule has 1 aliphatic heterocycles. The largest absolute Gasteiger partial charge is 0.335 e. The lowest BCUT2D eigenvalue weighted by molar-refractivity contribution is -0.668. The molecule has 14 heteroatoms. The van der Waals surface area contributed by atoms with E-state index in [-0.39, 0.29) is 24.3 Å². The van der Waals surface area contributed by atoms with Crippen molar-refractivity contribution in [2.45, 2.75) is 24.3 Å². The lowest BCUT2D eigenvalue weighted by Crippen LogP contribution is -2.36. The number of halogens is 1. The predicted molar refractivity (Wildman–Crippen MR) is 174 cm³/mol. The molecule has 0 aliphatic carbocycles. The molecule has 0 spiro atoms. The molecule has 1 aliphatic rings. The Morgan fingerprint density at radius 3 is 2.47 bits per heavy atom. The van der Waals surface area contributed by atoms with E-state index in [1.807, 2.05) is 47.5 Å². The normalized spacial score (nSPS) is 14.8. The van der Waals surface area contributed by atoms with Crippen molar-refractivity contribution in [3.8, 4) is 5.69 Å². The quantitative estimate of drug-likeness (QED) is 0.132. The van der Waals surface area contributed by atoms with Crippen LogP contribution >= 0.6 is 34.7 Å². The highest BCUT2D eigenvalue weighted by molar-refractivity contribution is 8.04. The van der Waals surface area contributed by atoms with Crippen LogP contribution in [-0.2, 0) is 26.8 Å². The van der Waals surface area contributed by atoms with Crippen molar-refractivity contribution in [2.24, 2.45) is 0 Å². The number of aryl methyl sites for hydroxylation is 1. The van der Waals surface area contributed by atoms with Gasteiger partial charge in [-0.3, -0.25) is 9.11 Å². The van der Waals surface area contributed by atoms with E-state index >= 15 is 0 Å². The van der Waals surface area contributed by atoms with Gasteiger partial charge in [-0.25, -0.2) is 0 Å². The summed E-state index contributed by atoms with van der Waals surface area (Å²) in [6.45, 7) is 0.686. The maximum Gasteiger partial charge on any atom is 0.265 e. The Bertz CT molecular complexity index is 2110. The molecule has 224 valence electrons. The van der Waals surface area contributed by atoms with Crippen LogP contribution in [-0.4, -0.2) is 48.6 Å². The summed E-state index contributed by atoms with van der Waals surface area (Å²) in [6, 6.07) is 21.9. The van der Waals surface area contributed by atoms with Crippen LogP contribution < -0.4 is 9.47 Å². The van der Waals surface area contributed by atoms with Gasteiger partial charge in [-0.2, -0.15) is 21.4 Å². The van der Waals surface area contributed by atoms with Gasteiger partial charge in [-0.1, -0.05) is 52.9 Å². The molecule has 6 rings (SSSR count). The summed E-state index contributed by atoms with van der Waals surface area (Å²) in [5.41, 5.74) is 3.79. The fourth-order valence-electron chi connectivity index (χ4n) is 5.21. The molecular formula is C29H27ClN3O6S4+. The van der Waals surface area contributed by atoms with E-state index in [9.17, 15) is 25.9 Å². The number of benzene rings is 3. The number of nitrogens with zero attached hydrogens (tertiary/aromatic N) is 3.